The van der Waals surface area contributed by atoms with Crippen molar-refractivity contribution >= 4 is 22.6 Å². The topological polar surface area (TPSA) is 49.3 Å². The normalized spacial score (nSPS) is 16.8. The first-order valence-corrected chi connectivity index (χ1v) is 8.51. The SMILES string of the molecule is CN(C)C1Cc2ccccc2N(C(=O)c2cc3nccnc3cc2F)C1. The number of benzene rings is 2. The van der Waals surface area contributed by atoms with Crippen molar-refractivity contribution in [2.75, 3.05) is 25.5 Å². The fourth-order valence-electron chi connectivity index (χ4n) is 3.41. The number of halogens is 1. The van der Waals surface area contributed by atoms with Gasteiger partial charge >= 0.3 is 0 Å². The quantitative estimate of drug-likeness (QED) is 0.713. The summed E-state index contributed by atoms with van der Waals surface area (Å²) in [6, 6.07) is 10.7. The van der Waals surface area contributed by atoms with Crippen LogP contribution in [0.3, 0.4) is 0 Å². The van der Waals surface area contributed by atoms with Crippen molar-refractivity contribution in [2.45, 2.75) is 12.5 Å². The van der Waals surface area contributed by atoms with Crippen LogP contribution in [0.5, 0.6) is 0 Å². The van der Waals surface area contributed by atoms with E-state index in [1.807, 2.05) is 38.4 Å². The molecular weight excluding hydrogens is 331 g/mol. The van der Waals surface area contributed by atoms with Crippen LogP contribution in [0.25, 0.3) is 11.0 Å². The van der Waals surface area contributed by atoms with Crippen LogP contribution in [0.4, 0.5) is 10.1 Å². The highest BCUT2D eigenvalue weighted by atomic mass is 19.1. The molecule has 6 heteroatoms. The molecule has 132 valence electrons. The summed E-state index contributed by atoms with van der Waals surface area (Å²) in [6.45, 7) is 0.515. The van der Waals surface area contributed by atoms with E-state index in [-0.39, 0.29) is 17.5 Å². The first-order valence-electron chi connectivity index (χ1n) is 8.51. The molecular formula is C20H19FN4O. The third-order valence-electron chi connectivity index (χ3n) is 4.90. The lowest BCUT2D eigenvalue weighted by Crippen LogP contribution is -2.48. The Bertz CT molecular complexity index is 988. The predicted molar refractivity (Wildman–Crippen MR) is 98.8 cm³/mol. The molecule has 26 heavy (non-hydrogen) atoms. The summed E-state index contributed by atoms with van der Waals surface area (Å²) < 4.78 is 14.6. The van der Waals surface area contributed by atoms with E-state index in [1.54, 1.807) is 4.90 Å². The van der Waals surface area contributed by atoms with E-state index in [0.29, 0.717) is 17.6 Å². The summed E-state index contributed by atoms with van der Waals surface area (Å²) in [7, 11) is 3.99. The van der Waals surface area contributed by atoms with Crippen molar-refractivity contribution in [3.8, 4) is 0 Å². The second kappa shape index (κ2) is 6.46. The van der Waals surface area contributed by atoms with Gasteiger partial charge in [-0.05, 0) is 38.2 Å². The van der Waals surface area contributed by atoms with Crippen LogP contribution in [0.1, 0.15) is 15.9 Å². The van der Waals surface area contributed by atoms with Gasteiger partial charge in [0, 0.05) is 36.7 Å². The van der Waals surface area contributed by atoms with E-state index in [1.165, 1.54) is 24.5 Å². The van der Waals surface area contributed by atoms with Crippen molar-refractivity contribution in [3.63, 3.8) is 0 Å². The van der Waals surface area contributed by atoms with Crippen molar-refractivity contribution < 1.29 is 9.18 Å². The predicted octanol–water partition coefficient (Wildman–Crippen LogP) is 2.90. The van der Waals surface area contributed by atoms with Crippen LogP contribution >= 0.6 is 0 Å². The molecule has 1 aromatic heterocycles. The Hall–Kier alpha value is -2.86. The summed E-state index contributed by atoms with van der Waals surface area (Å²) in [4.78, 5) is 25.3. The third kappa shape index (κ3) is 2.82. The molecule has 0 saturated carbocycles. The van der Waals surface area contributed by atoms with Crippen LogP contribution in [0, 0.1) is 5.82 Å². The first kappa shape index (κ1) is 16.6. The lowest BCUT2D eigenvalue weighted by molar-refractivity contribution is 0.0972. The number of amides is 1. The van der Waals surface area contributed by atoms with Crippen molar-refractivity contribution in [2.24, 2.45) is 0 Å². The summed E-state index contributed by atoms with van der Waals surface area (Å²) in [5, 5.41) is 0. The van der Waals surface area contributed by atoms with Crippen molar-refractivity contribution in [3.05, 3.63) is 65.7 Å². The molecule has 1 aliphatic rings. The Morgan fingerprint density at radius 1 is 1.15 bits per heavy atom. The minimum atomic E-state index is -0.576. The minimum Gasteiger partial charge on any atom is -0.306 e. The van der Waals surface area contributed by atoms with Gasteiger partial charge in [0.05, 0.1) is 16.6 Å². The summed E-state index contributed by atoms with van der Waals surface area (Å²) in [5.74, 6) is -0.929. The van der Waals surface area contributed by atoms with Gasteiger partial charge in [-0.3, -0.25) is 14.8 Å². The maximum absolute atomic E-state index is 14.6. The number of aromatic nitrogens is 2. The van der Waals surface area contributed by atoms with Gasteiger partial charge in [0.2, 0.25) is 0 Å². The average molecular weight is 350 g/mol. The molecule has 0 spiro atoms. The Morgan fingerprint density at radius 2 is 1.85 bits per heavy atom. The van der Waals surface area contributed by atoms with Gasteiger partial charge in [-0.25, -0.2) is 4.39 Å². The van der Waals surface area contributed by atoms with E-state index in [9.17, 15) is 9.18 Å². The van der Waals surface area contributed by atoms with Crippen molar-refractivity contribution in [1.82, 2.24) is 14.9 Å². The van der Waals surface area contributed by atoms with Gasteiger partial charge in [-0.2, -0.15) is 0 Å². The largest absolute Gasteiger partial charge is 0.306 e. The van der Waals surface area contributed by atoms with Crippen LogP contribution < -0.4 is 4.90 Å². The number of likely N-dealkylation sites (N-methyl/N-ethyl adjacent to an activating group) is 1. The number of rotatable bonds is 2. The average Bonchev–Trinajstić information content (AvgIpc) is 2.66. The number of fused-ring (bicyclic) bond motifs is 2. The minimum absolute atomic E-state index is 0.0206. The molecule has 1 unspecified atom stereocenters. The van der Waals surface area contributed by atoms with Crippen LogP contribution in [-0.4, -0.2) is 47.5 Å². The molecule has 0 bridgehead atoms. The molecule has 3 aromatic rings. The standard InChI is InChI=1S/C20H19FN4O/c1-24(2)14-9-13-5-3-4-6-19(13)25(12-14)20(26)15-10-17-18(11-16(15)21)23-8-7-22-17/h3-8,10-11,14H,9,12H2,1-2H3. The highest BCUT2D eigenvalue weighted by Crippen LogP contribution is 2.30. The Labute approximate surface area is 151 Å². The summed E-state index contributed by atoms with van der Waals surface area (Å²) in [6.07, 6.45) is 3.90. The lowest BCUT2D eigenvalue weighted by atomic mass is 9.96. The van der Waals surface area contributed by atoms with Crippen LogP contribution in [-0.2, 0) is 6.42 Å². The number of carbonyl (C=O) groups excluding carboxylic acids is 1. The van der Waals surface area contributed by atoms with E-state index in [4.69, 9.17) is 0 Å². The second-order valence-corrected chi connectivity index (χ2v) is 6.74. The molecule has 0 aliphatic carbocycles. The number of para-hydroxylation sites is 1. The molecule has 0 fully saturated rings. The molecule has 5 nitrogen and oxygen atoms in total. The van der Waals surface area contributed by atoms with Gasteiger partial charge in [-0.15, -0.1) is 0 Å². The lowest BCUT2D eigenvalue weighted by Gasteiger charge is -2.37. The Morgan fingerprint density at radius 3 is 2.58 bits per heavy atom. The number of hydrogen-bond acceptors (Lipinski definition) is 4. The second-order valence-electron chi connectivity index (χ2n) is 6.74. The smallest absolute Gasteiger partial charge is 0.261 e. The highest BCUT2D eigenvalue weighted by Gasteiger charge is 2.31. The number of carbonyl (C=O) groups is 1. The number of anilines is 1. The fraction of sp³-hybridized carbons (Fsp3) is 0.250. The Kier molecular flexibility index (Phi) is 4.12. The zero-order valence-electron chi connectivity index (χ0n) is 14.7. The van der Waals surface area contributed by atoms with Crippen LogP contribution in [0.2, 0.25) is 0 Å². The molecule has 2 heterocycles. The third-order valence-corrected chi connectivity index (χ3v) is 4.90. The molecule has 0 saturated heterocycles. The van der Waals surface area contributed by atoms with Gasteiger partial charge in [0.1, 0.15) is 5.82 Å². The molecule has 2 aromatic carbocycles. The van der Waals surface area contributed by atoms with Gasteiger partial charge in [0.15, 0.2) is 0 Å². The zero-order chi connectivity index (χ0) is 18.3. The first-order chi connectivity index (χ1) is 12.5. The summed E-state index contributed by atoms with van der Waals surface area (Å²) in [5.41, 5.74) is 2.90. The maximum atomic E-state index is 14.6. The van der Waals surface area contributed by atoms with Gasteiger partial charge < -0.3 is 9.80 Å². The fourth-order valence-corrected chi connectivity index (χ4v) is 3.41. The number of hydrogen-bond donors (Lipinski definition) is 0. The molecule has 1 aliphatic heterocycles. The Balaban J connectivity index is 1.79. The number of nitrogens with zero attached hydrogens (tertiary/aromatic N) is 4. The molecule has 0 radical (unpaired) electrons. The van der Waals surface area contributed by atoms with E-state index in [0.717, 1.165) is 17.7 Å². The highest BCUT2D eigenvalue weighted by molar-refractivity contribution is 6.08. The van der Waals surface area contributed by atoms with Gasteiger partial charge in [0.25, 0.3) is 5.91 Å². The van der Waals surface area contributed by atoms with Crippen LogP contribution in [0.15, 0.2) is 48.8 Å². The monoisotopic (exact) mass is 350 g/mol. The summed E-state index contributed by atoms with van der Waals surface area (Å²) >= 11 is 0. The molecule has 0 N–H and O–H groups in total. The molecule has 4 rings (SSSR count). The van der Waals surface area contributed by atoms with E-state index in [2.05, 4.69) is 14.9 Å². The molecule has 1 amide bonds. The maximum Gasteiger partial charge on any atom is 0.261 e. The molecule has 1 atom stereocenters. The van der Waals surface area contributed by atoms with Crippen molar-refractivity contribution in [1.29, 1.82) is 0 Å². The zero-order valence-corrected chi connectivity index (χ0v) is 14.7. The van der Waals surface area contributed by atoms with Gasteiger partial charge in [-0.1, -0.05) is 18.2 Å². The van der Waals surface area contributed by atoms with E-state index < -0.39 is 5.82 Å². The van der Waals surface area contributed by atoms with E-state index >= 15 is 0 Å².